The molecule has 2 fully saturated rings. The van der Waals surface area contributed by atoms with Crippen LogP contribution in [0, 0.1) is 6.92 Å². The first-order valence-electron chi connectivity index (χ1n) is 11.7. The summed E-state index contributed by atoms with van der Waals surface area (Å²) in [5.41, 5.74) is 2.55. The molecule has 9 nitrogen and oxygen atoms in total. The van der Waals surface area contributed by atoms with Gasteiger partial charge in [0.1, 0.15) is 5.82 Å². The number of aromatic nitrogens is 5. The summed E-state index contributed by atoms with van der Waals surface area (Å²) in [5.74, 6) is 2.13. The third-order valence-corrected chi connectivity index (χ3v) is 6.78. The number of para-hydroxylation sites is 1. The molecule has 5 heterocycles. The lowest BCUT2D eigenvalue weighted by Gasteiger charge is -2.39. The predicted molar refractivity (Wildman–Crippen MR) is 130 cm³/mol. The first-order chi connectivity index (χ1) is 16.6. The van der Waals surface area contributed by atoms with Crippen LogP contribution >= 0.6 is 0 Å². The van der Waals surface area contributed by atoms with Crippen molar-refractivity contribution >= 4 is 34.4 Å². The van der Waals surface area contributed by atoms with Gasteiger partial charge in [0.25, 0.3) is 5.91 Å². The molecule has 1 amide bonds. The normalized spacial score (nSPS) is 21.6. The Labute approximate surface area is 197 Å². The van der Waals surface area contributed by atoms with Crippen molar-refractivity contribution in [1.29, 1.82) is 0 Å². The van der Waals surface area contributed by atoms with Crippen LogP contribution in [-0.4, -0.2) is 54.1 Å². The van der Waals surface area contributed by atoms with Gasteiger partial charge in [0, 0.05) is 53.2 Å². The maximum absolute atomic E-state index is 13.1. The van der Waals surface area contributed by atoms with E-state index in [9.17, 15) is 4.79 Å². The first-order valence-corrected chi connectivity index (χ1v) is 11.7. The molecule has 2 aliphatic heterocycles. The van der Waals surface area contributed by atoms with Crippen molar-refractivity contribution in [3.05, 3.63) is 66.1 Å². The molecule has 0 radical (unpaired) electrons. The Bertz CT molecular complexity index is 1320. The third-order valence-electron chi connectivity index (χ3n) is 6.78. The van der Waals surface area contributed by atoms with Gasteiger partial charge in [-0.3, -0.25) is 14.9 Å². The first kappa shape index (κ1) is 20.6. The quantitative estimate of drug-likeness (QED) is 0.417. The lowest BCUT2D eigenvalue weighted by Crippen LogP contribution is -2.49. The van der Waals surface area contributed by atoms with Gasteiger partial charge in [0.2, 0.25) is 5.95 Å². The molecular formula is C25H26N8O. The Hall–Kier alpha value is -4.01. The molecule has 0 unspecified atom stereocenters. The van der Waals surface area contributed by atoms with Crippen molar-refractivity contribution in [2.24, 2.45) is 0 Å². The number of H-pyrrole nitrogens is 1. The van der Waals surface area contributed by atoms with Gasteiger partial charge in [0.15, 0.2) is 5.82 Å². The van der Waals surface area contributed by atoms with Gasteiger partial charge in [-0.25, -0.2) is 4.98 Å². The molecular weight excluding hydrogens is 428 g/mol. The maximum atomic E-state index is 13.1. The summed E-state index contributed by atoms with van der Waals surface area (Å²) < 4.78 is 0. The number of hydrogen-bond donors (Lipinski definition) is 3. The highest BCUT2D eigenvalue weighted by Gasteiger charge is 2.43. The van der Waals surface area contributed by atoms with Crippen LogP contribution in [0.3, 0.4) is 0 Å². The van der Waals surface area contributed by atoms with E-state index in [2.05, 4.69) is 30.7 Å². The van der Waals surface area contributed by atoms with E-state index in [1.54, 1.807) is 24.5 Å². The summed E-state index contributed by atoms with van der Waals surface area (Å²) in [4.78, 5) is 28.8. The number of hydrogen-bond acceptors (Lipinski definition) is 7. The molecule has 1 aromatic carbocycles. The zero-order valence-electron chi connectivity index (χ0n) is 18.9. The summed E-state index contributed by atoms with van der Waals surface area (Å²) in [6.45, 7) is 1.96. The van der Waals surface area contributed by atoms with E-state index in [0.717, 1.165) is 42.3 Å². The number of aromatic amines is 1. The van der Waals surface area contributed by atoms with Crippen LogP contribution in [0.2, 0.25) is 0 Å². The van der Waals surface area contributed by atoms with Crippen molar-refractivity contribution < 1.29 is 4.79 Å². The number of nitrogens with one attached hydrogen (secondary N) is 3. The number of pyridine rings is 1. The Morgan fingerprint density at radius 3 is 2.56 bits per heavy atom. The summed E-state index contributed by atoms with van der Waals surface area (Å²) >= 11 is 0. The van der Waals surface area contributed by atoms with E-state index in [4.69, 9.17) is 9.97 Å². The second-order valence-corrected chi connectivity index (χ2v) is 9.12. The second-order valence-electron chi connectivity index (χ2n) is 9.12. The molecule has 172 valence electrons. The number of nitrogens with zero attached hydrogens (tertiary/aromatic N) is 5. The number of fused-ring (bicyclic) bond motifs is 3. The molecule has 0 aliphatic carbocycles. The number of aryl methyl sites for hydroxylation is 1. The zero-order chi connectivity index (χ0) is 23.1. The smallest absolute Gasteiger partial charge is 0.254 e. The Kier molecular flexibility index (Phi) is 5.09. The number of benzene rings is 1. The number of carbonyl (C=O) groups is 1. The number of piperidine rings is 1. The van der Waals surface area contributed by atoms with E-state index in [1.165, 1.54) is 0 Å². The van der Waals surface area contributed by atoms with Gasteiger partial charge in [-0.2, -0.15) is 10.1 Å². The van der Waals surface area contributed by atoms with Gasteiger partial charge < -0.3 is 15.5 Å². The lowest BCUT2D eigenvalue weighted by atomic mass is 9.96. The zero-order valence-corrected chi connectivity index (χ0v) is 18.9. The lowest BCUT2D eigenvalue weighted by molar-refractivity contribution is 0.0582. The summed E-state index contributed by atoms with van der Waals surface area (Å²) in [5, 5.41) is 15.1. The molecule has 34 heavy (non-hydrogen) atoms. The van der Waals surface area contributed by atoms with Crippen molar-refractivity contribution in [2.75, 3.05) is 10.6 Å². The fourth-order valence-electron chi connectivity index (χ4n) is 5.29. The molecule has 0 saturated carbocycles. The van der Waals surface area contributed by atoms with Gasteiger partial charge in [-0.1, -0.05) is 12.1 Å². The van der Waals surface area contributed by atoms with Crippen LogP contribution < -0.4 is 10.6 Å². The maximum Gasteiger partial charge on any atom is 0.254 e. The fourth-order valence-corrected chi connectivity index (χ4v) is 5.29. The largest absolute Gasteiger partial charge is 0.351 e. The van der Waals surface area contributed by atoms with Crippen molar-refractivity contribution in [1.82, 2.24) is 30.0 Å². The molecule has 6 rings (SSSR count). The number of anilines is 3. The second kappa shape index (κ2) is 8.40. The summed E-state index contributed by atoms with van der Waals surface area (Å²) in [6.07, 6.45) is 7.18. The van der Waals surface area contributed by atoms with Crippen molar-refractivity contribution in [3.8, 4) is 0 Å². The van der Waals surface area contributed by atoms with Gasteiger partial charge in [-0.15, -0.1) is 0 Å². The average molecular weight is 455 g/mol. The minimum Gasteiger partial charge on any atom is -0.351 e. The number of carbonyl (C=O) groups excluding carboxylic acids is 1. The van der Waals surface area contributed by atoms with Gasteiger partial charge in [0.05, 0.1) is 5.52 Å². The van der Waals surface area contributed by atoms with E-state index in [1.807, 2.05) is 37.3 Å². The van der Waals surface area contributed by atoms with Crippen LogP contribution in [0.4, 0.5) is 17.6 Å². The molecule has 0 spiro atoms. The summed E-state index contributed by atoms with van der Waals surface area (Å²) in [7, 11) is 0. The predicted octanol–water partition coefficient (Wildman–Crippen LogP) is 4.05. The molecule has 2 saturated heterocycles. The van der Waals surface area contributed by atoms with Crippen molar-refractivity contribution in [2.45, 2.75) is 50.7 Å². The van der Waals surface area contributed by atoms with Crippen LogP contribution in [0.25, 0.3) is 10.9 Å². The van der Waals surface area contributed by atoms with Crippen LogP contribution in [-0.2, 0) is 0 Å². The highest BCUT2D eigenvalue weighted by atomic mass is 16.2. The van der Waals surface area contributed by atoms with Crippen molar-refractivity contribution in [3.63, 3.8) is 0 Å². The fraction of sp³-hybridized carbons (Fsp3) is 0.320. The molecule has 3 aromatic heterocycles. The molecule has 2 bridgehead atoms. The van der Waals surface area contributed by atoms with E-state index in [0.29, 0.717) is 23.1 Å². The monoisotopic (exact) mass is 454 g/mol. The standard InChI is InChI=1S/C25H26N8O/c1-15-12-22(32-31-15)29-23-20-4-2-3-5-21(20)28-25(30-23)27-17-13-18-6-7-19(14-17)33(18)24(34)16-8-10-26-11-9-16/h2-5,8-12,17-19H,6-7,13-14H2,1H3,(H3,27,28,29,30,31,32)/t17-,18-,19+. The minimum atomic E-state index is 0.107. The van der Waals surface area contributed by atoms with E-state index < -0.39 is 0 Å². The average Bonchev–Trinajstić information content (AvgIpc) is 3.38. The number of amides is 1. The van der Waals surface area contributed by atoms with Crippen LogP contribution in [0.5, 0.6) is 0 Å². The molecule has 3 atom stereocenters. The molecule has 9 heteroatoms. The Morgan fingerprint density at radius 2 is 1.82 bits per heavy atom. The Balaban J connectivity index is 1.23. The SMILES string of the molecule is Cc1cc(Nc2nc(N[C@@H]3C[C@H]4CC[C@@H](C3)N4C(=O)c3ccncc3)nc3ccccc23)n[nH]1. The molecule has 2 aliphatic rings. The Morgan fingerprint density at radius 1 is 1.06 bits per heavy atom. The topological polar surface area (TPSA) is 112 Å². The van der Waals surface area contributed by atoms with Crippen LogP contribution in [0.1, 0.15) is 41.7 Å². The van der Waals surface area contributed by atoms with E-state index >= 15 is 0 Å². The molecule has 3 N–H and O–H groups in total. The van der Waals surface area contributed by atoms with Gasteiger partial charge in [-0.05, 0) is 56.9 Å². The highest BCUT2D eigenvalue weighted by molar-refractivity contribution is 5.95. The van der Waals surface area contributed by atoms with Crippen LogP contribution in [0.15, 0.2) is 54.9 Å². The van der Waals surface area contributed by atoms with Gasteiger partial charge >= 0.3 is 0 Å². The third kappa shape index (κ3) is 3.83. The summed E-state index contributed by atoms with van der Waals surface area (Å²) in [6, 6.07) is 14.1. The van der Waals surface area contributed by atoms with E-state index in [-0.39, 0.29) is 24.0 Å². The highest BCUT2D eigenvalue weighted by Crippen LogP contribution is 2.38. The number of rotatable bonds is 5. The minimum absolute atomic E-state index is 0.107. The molecule has 4 aromatic rings.